The summed E-state index contributed by atoms with van der Waals surface area (Å²) in [7, 11) is 0. The van der Waals surface area contributed by atoms with E-state index in [4.69, 9.17) is 20.8 Å². The van der Waals surface area contributed by atoms with E-state index in [0.717, 1.165) is 30.2 Å². The summed E-state index contributed by atoms with van der Waals surface area (Å²) in [6.07, 6.45) is 3.18. The molecule has 0 N–H and O–H groups in total. The van der Waals surface area contributed by atoms with Gasteiger partial charge in [-0.25, -0.2) is 9.18 Å². The van der Waals surface area contributed by atoms with Gasteiger partial charge in [0.15, 0.2) is 0 Å². The van der Waals surface area contributed by atoms with Gasteiger partial charge in [0.2, 0.25) is 0 Å². The van der Waals surface area contributed by atoms with Crippen molar-refractivity contribution in [2.24, 2.45) is 0 Å². The third-order valence-corrected chi connectivity index (χ3v) is 4.62. The largest absolute Gasteiger partial charge is 0.489 e. The van der Waals surface area contributed by atoms with E-state index in [1.165, 1.54) is 35.4 Å². The van der Waals surface area contributed by atoms with Gasteiger partial charge in [-0.3, -0.25) is 0 Å². The van der Waals surface area contributed by atoms with Gasteiger partial charge in [0.1, 0.15) is 23.8 Å². The molecule has 0 fully saturated rings. The lowest BCUT2D eigenvalue weighted by Crippen LogP contribution is -2.04. The first-order valence-corrected chi connectivity index (χ1v) is 8.14. The maximum Gasteiger partial charge on any atom is 0.336 e. The predicted octanol–water partition coefficient (Wildman–Crippen LogP) is 4.65. The minimum Gasteiger partial charge on any atom is -0.489 e. The summed E-state index contributed by atoms with van der Waals surface area (Å²) in [4.78, 5) is 11.8. The maximum atomic E-state index is 13.2. The average molecular weight is 345 g/mol. The van der Waals surface area contributed by atoms with Crippen molar-refractivity contribution in [3.8, 4) is 5.75 Å². The number of hydrogen-bond acceptors (Lipinski definition) is 3. The van der Waals surface area contributed by atoms with E-state index in [9.17, 15) is 9.18 Å². The Balaban J connectivity index is 1.70. The molecule has 3 nitrogen and oxygen atoms in total. The molecule has 122 valence electrons. The molecular weight excluding hydrogens is 331 g/mol. The SMILES string of the molecule is O=c1cc(COc2ccc(F)c(Cl)c2)c2cc3c(cc2o1)CCC3. The van der Waals surface area contributed by atoms with E-state index in [1.54, 1.807) is 0 Å². The lowest BCUT2D eigenvalue weighted by Gasteiger charge is -2.10. The van der Waals surface area contributed by atoms with Crippen LogP contribution < -0.4 is 10.4 Å². The van der Waals surface area contributed by atoms with Crippen LogP contribution in [0.1, 0.15) is 23.1 Å². The van der Waals surface area contributed by atoms with Crippen molar-refractivity contribution in [1.82, 2.24) is 0 Å². The topological polar surface area (TPSA) is 39.4 Å². The first kappa shape index (κ1) is 15.2. The molecule has 4 rings (SSSR count). The molecule has 0 aliphatic heterocycles. The second-order valence-electron chi connectivity index (χ2n) is 5.93. The van der Waals surface area contributed by atoms with Crippen molar-refractivity contribution in [1.29, 1.82) is 0 Å². The normalized spacial score (nSPS) is 13.2. The Kier molecular flexibility index (Phi) is 3.77. The van der Waals surface area contributed by atoms with E-state index in [0.29, 0.717) is 11.3 Å². The molecule has 0 amide bonds. The first-order chi connectivity index (χ1) is 11.6. The molecule has 1 aromatic heterocycles. The third-order valence-electron chi connectivity index (χ3n) is 4.33. The lowest BCUT2D eigenvalue weighted by molar-refractivity contribution is 0.306. The highest BCUT2D eigenvalue weighted by atomic mass is 35.5. The van der Waals surface area contributed by atoms with Gasteiger partial charge in [0.05, 0.1) is 5.02 Å². The fourth-order valence-electron chi connectivity index (χ4n) is 3.14. The molecule has 3 aromatic rings. The molecule has 0 atom stereocenters. The number of rotatable bonds is 3. The van der Waals surface area contributed by atoms with Crippen LogP contribution in [-0.2, 0) is 19.4 Å². The molecule has 0 unspecified atom stereocenters. The van der Waals surface area contributed by atoms with Crippen molar-refractivity contribution in [2.45, 2.75) is 25.9 Å². The average Bonchev–Trinajstić information content (AvgIpc) is 3.01. The van der Waals surface area contributed by atoms with Crippen LogP contribution in [-0.4, -0.2) is 0 Å². The number of hydrogen-bond donors (Lipinski definition) is 0. The number of fused-ring (bicyclic) bond motifs is 2. The van der Waals surface area contributed by atoms with Crippen LogP contribution in [0.5, 0.6) is 5.75 Å². The van der Waals surface area contributed by atoms with Crippen LogP contribution >= 0.6 is 11.6 Å². The number of halogens is 2. The van der Waals surface area contributed by atoms with Gasteiger partial charge in [-0.15, -0.1) is 0 Å². The smallest absolute Gasteiger partial charge is 0.336 e. The zero-order valence-electron chi connectivity index (χ0n) is 12.8. The Morgan fingerprint density at radius 3 is 2.71 bits per heavy atom. The van der Waals surface area contributed by atoms with Crippen LogP contribution in [0, 0.1) is 5.82 Å². The van der Waals surface area contributed by atoms with E-state index >= 15 is 0 Å². The minimum atomic E-state index is -0.495. The standard InChI is InChI=1S/C19H14ClFO3/c20-16-9-14(4-5-17(16)21)23-10-13-8-19(22)24-18-7-12-3-1-2-11(12)6-15(13)18/h4-9H,1-3,10H2. The number of aryl methyl sites for hydroxylation is 2. The molecule has 24 heavy (non-hydrogen) atoms. The molecule has 1 aliphatic rings. The van der Waals surface area contributed by atoms with E-state index < -0.39 is 11.4 Å². The molecule has 5 heteroatoms. The third kappa shape index (κ3) is 2.78. The predicted molar refractivity (Wildman–Crippen MR) is 90.3 cm³/mol. The summed E-state index contributed by atoms with van der Waals surface area (Å²) < 4.78 is 24.2. The molecule has 0 spiro atoms. The molecule has 2 aromatic carbocycles. The van der Waals surface area contributed by atoms with Crippen LogP contribution in [0.4, 0.5) is 4.39 Å². The van der Waals surface area contributed by atoms with Crippen LogP contribution in [0.15, 0.2) is 45.6 Å². The summed E-state index contributed by atoms with van der Waals surface area (Å²) in [6, 6.07) is 9.65. The van der Waals surface area contributed by atoms with Gasteiger partial charge in [-0.2, -0.15) is 0 Å². The van der Waals surface area contributed by atoms with Crippen LogP contribution in [0.3, 0.4) is 0 Å². The summed E-state index contributed by atoms with van der Waals surface area (Å²) in [6.45, 7) is 0.183. The molecular formula is C19H14ClFO3. The molecule has 1 heterocycles. The highest BCUT2D eigenvalue weighted by Crippen LogP contribution is 2.29. The van der Waals surface area contributed by atoms with E-state index in [2.05, 4.69) is 6.07 Å². The summed E-state index contributed by atoms with van der Waals surface area (Å²) in [5.74, 6) is -0.0469. The van der Waals surface area contributed by atoms with Gasteiger partial charge in [0.25, 0.3) is 0 Å². The Hall–Kier alpha value is -2.33. The van der Waals surface area contributed by atoms with Crippen molar-refractivity contribution in [3.63, 3.8) is 0 Å². The Morgan fingerprint density at radius 1 is 1.12 bits per heavy atom. The van der Waals surface area contributed by atoms with Crippen molar-refractivity contribution >= 4 is 22.6 Å². The maximum absolute atomic E-state index is 13.2. The Labute approximate surface area is 142 Å². The van der Waals surface area contributed by atoms with Gasteiger partial charge in [-0.1, -0.05) is 11.6 Å². The van der Waals surface area contributed by atoms with E-state index in [-0.39, 0.29) is 11.6 Å². The zero-order chi connectivity index (χ0) is 16.7. The van der Waals surface area contributed by atoms with Crippen molar-refractivity contribution in [2.75, 3.05) is 0 Å². The fraction of sp³-hybridized carbons (Fsp3) is 0.211. The van der Waals surface area contributed by atoms with Crippen LogP contribution in [0.2, 0.25) is 5.02 Å². The van der Waals surface area contributed by atoms with E-state index in [1.807, 2.05) is 6.07 Å². The summed E-state index contributed by atoms with van der Waals surface area (Å²) in [5, 5.41) is 0.881. The molecule has 1 aliphatic carbocycles. The Morgan fingerprint density at radius 2 is 1.92 bits per heavy atom. The summed E-state index contributed by atoms with van der Waals surface area (Å²) in [5.41, 5.74) is 3.46. The van der Waals surface area contributed by atoms with Gasteiger partial charge < -0.3 is 9.15 Å². The van der Waals surface area contributed by atoms with Crippen molar-refractivity contribution < 1.29 is 13.5 Å². The highest BCUT2D eigenvalue weighted by molar-refractivity contribution is 6.30. The molecule has 0 radical (unpaired) electrons. The quantitative estimate of drug-likeness (QED) is 0.649. The number of ether oxygens (including phenoxy) is 1. The lowest BCUT2D eigenvalue weighted by atomic mass is 10.0. The molecule has 0 saturated carbocycles. The monoisotopic (exact) mass is 344 g/mol. The van der Waals surface area contributed by atoms with Crippen LogP contribution in [0.25, 0.3) is 11.0 Å². The highest BCUT2D eigenvalue weighted by Gasteiger charge is 2.15. The molecule has 0 saturated heterocycles. The molecule has 0 bridgehead atoms. The second-order valence-corrected chi connectivity index (χ2v) is 6.33. The van der Waals surface area contributed by atoms with Gasteiger partial charge in [0, 0.05) is 23.1 Å². The van der Waals surface area contributed by atoms with Crippen molar-refractivity contribution in [3.05, 3.63) is 74.3 Å². The first-order valence-electron chi connectivity index (χ1n) is 7.76. The summed E-state index contributed by atoms with van der Waals surface area (Å²) >= 11 is 5.76. The minimum absolute atomic E-state index is 0.00255. The van der Waals surface area contributed by atoms with Gasteiger partial charge in [-0.05, 0) is 54.7 Å². The number of benzene rings is 2. The van der Waals surface area contributed by atoms with Gasteiger partial charge >= 0.3 is 5.63 Å². The second kappa shape index (κ2) is 5.95. The zero-order valence-corrected chi connectivity index (χ0v) is 13.5. The fourth-order valence-corrected chi connectivity index (χ4v) is 3.31. The Bertz CT molecular complexity index is 994.